The van der Waals surface area contributed by atoms with Gasteiger partial charge in [0.2, 0.25) is 0 Å². The van der Waals surface area contributed by atoms with Crippen LogP contribution in [0.3, 0.4) is 0 Å². The maximum atomic E-state index is 13.1. The van der Waals surface area contributed by atoms with Crippen molar-refractivity contribution in [2.45, 2.75) is 30.8 Å². The number of carbonyl (C=O) groups is 1. The van der Waals surface area contributed by atoms with E-state index in [1.807, 2.05) is 13.0 Å². The van der Waals surface area contributed by atoms with Crippen LogP contribution in [0.2, 0.25) is 0 Å². The molecule has 1 aliphatic rings. The minimum atomic E-state index is -3.86. The van der Waals surface area contributed by atoms with E-state index in [9.17, 15) is 13.2 Å². The van der Waals surface area contributed by atoms with Gasteiger partial charge in [-0.15, -0.1) is 0 Å². The van der Waals surface area contributed by atoms with Gasteiger partial charge in [0.1, 0.15) is 12.4 Å². The van der Waals surface area contributed by atoms with Gasteiger partial charge in [0.05, 0.1) is 11.5 Å². The van der Waals surface area contributed by atoms with Crippen molar-refractivity contribution in [3.05, 3.63) is 65.7 Å². The third-order valence-electron chi connectivity index (χ3n) is 4.18. The predicted molar refractivity (Wildman–Crippen MR) is 98.3 cm³/mol. The fourth-order valence-corrected chi connectivity index (χ4v) is 4.31. The third-order valence-corrected chi connectivity index (χ3v) is 5.92. The molecule has 0 aromatic heterocycles. The van der Waals surface area contributed by atoms with Crippen LogP contribution in [0.25, 0.3) is 0 Å². The molecule has 0 bridgehead atoms. The fourth-order valence-electron chi connectivity index (χ4n) is 2.87. The average Bonchev–Trinajstić information content (AvgIpc) is 3.09. The summed E-state index contributed by atoms with van der Waals surface area (Å²) in [5.74, 6) is -0.542. The number of nitrogens with zero attached hydrogens (tertiary/aromatic N) is 2. The molecule has 1 heterocycles. The van der Waals surface area contributed by atoms with Crippen LogP contribution in [0.15, 0.2) is 64.5 Å². The minimum absolute atomic E-state index is 0.153. The van der Waals surface area contributed by atoms with Crippen LogP contribution in [-0.4, -0.2) is 37.7 Å². The number of carbonyl (C=O) groups excluding carboxylic acids is 1. The monoisotopic (exact) mass is 372 g/mol. The van der Waals surface area contributed by atoms with Crippen molar-refractivity contribution < 1.29 is 17.9 Å². The van der Waals surface area contributed by atoms with Crippen molar-refractivity contribution in [1.82, 2.24) is 4.31 Å². The van der Waals surface area contributed by atoms with E-state index >= 15 is 0 Å². The lowest BCUT2D eigenvalue weighted by Crippen LogP contribution is -2.37. The topological polar surface area (TPSA) is 76.0 Å². The zero-order valence-electron chi connectivity index (χ0n) is 14.6. The molecule has 0 fully saturated rings. The largest absolute Gasteiger partial charge is 0.464 e. The van der Waals surface area contributed by atoms with Crippen molar-refractivity contribution in [2.75, 3.05) is 6.61 Å². The number of hydrogen-bond acceptors (Lipinski definition) is 5. The Morgan fingerprint density at radius 3 is 2.38 bits per heavy atom. The second-order valence-electron chi connectivity index (χ2n) is 5.96. The van der Waals surface area contributed by atoms with Gasteiger partial charge >= 0.3 is 5.97 Å². The number of aryl methyl sites for hydroxylation is 1. The van der Waals surface area contributed by atoms with Gasteiger partial charge in [-0.2, -0.15) is 0 Å². The van der Waals surface area contributed by atoms with Gasteiger partial charge in [-0.1, -0.05) is 48.0 Å². The molecular formula is C19H20N2O4S. The normalized spacial score (nSPS) is 19.5. The van der Waals surface area contributed by atoms with Gasteiger partial charge in [0.25, 0.3) is 10.0 Å². The lowest BCUT2D eigenvalue weighted by molar-refractivity contribution is -0.145. The van der Waals surface area contributed by atoms with Crippen molar-refractivity contribution >= 4 is 22.3 Å². The van der Waals surface area contributed by atoms with E-state index in [1.165, 1.54) is 6.34 Å². The molecule has 2 aromatic carbocycles. The SMILES string of the molecule is CCOC(=O)[C@@H]1N=CN(S(=O)(=O)c2ccc(C)cc2)[C@@H]1c1ccccc1. The van der Waals surface area contributed by atoms with Crippen LogP contribution in [-0.2, 0) is 19.6 Å². The Bertz CT molecular complexity index is 908. The fraction of sp³-hybridized carbons (Fsp3) is 0.263. The van der Waals surface area contributed by atoms with Gasteiger partial charge < -0.3 is 4.74 Å². The van der Waals surface area contributed by atoms with Gasteiger partial charge in [-0.25, -0.2) is 17.5 Å². The molecule has 0 amide bonds. The van der Waals surface area contributed by atoms with E-state index < -0.39 is 28.1 Å². The summed E-state index contributed by atoms with van der Waals surface area (Å²) in [7, 11) is -3.86. The summed E-state index contributed by atoms with van der Waals surface area (Å²) in [5, 5.41) is 0. The van der Waals surface area contributed by atoms with Crippen LogP contribution in [0.1, 0.15) is 24.1 Å². The first-order chi connectivity index (χ1) is 12.4. The number of aliphatic imine (C=N–C) groups is 1. The number of esters is 1. The molecule has 2 atom stereocenters. The molecule has 1 aliphatic heterocycles. The number of sulfonamides is 1. The molecule has 0 unspecified atom stereocenters. The molecule has 7 heteroatoms. The molecule has 2 aromatic rings. The summed E-state index contributed by atoms with van der Waals surface area (Å²) in [6, 6.07) is 13.9. The molecule has 0 saturated carbocycles. The van der Waals surface area contributed by atoms with Crippen LogP contribution >= 0.6 is 0 Å². The van der Waals surface area contributed by atoms with Crippen LogP contribution in [0.4, 0.5) is 0 Å². The molecule has 0 radical (unpaired) electrons. The zero-order chi connectivity index (χ0) is 18.7. The first-order valence-electron chi connectivity index (χ1n) is 8.30. The summed E-state index contributed by atoms with van der Waals surface area (Å²) in [6.45, 7) is 3.79. The minimum Gasteiger partial charge on any atom is -0.464 e. The number of ether oxygens (including phenoxy) is 1. The molecule has 6 nitrogen and oxygen atoms in total. The Morgan fingerprint density at radius 1 is 1.12 bits per heavy atom. The predicted octanol–water partition coefficient (Wildman–Crippen LogP) is 2.70. The lowest BCUT2D eigenvalue weighted by atomic mass is 10.0. The van der Waals surface area contributed by atoms with Crippen LogP contribution in [0.5, 0.6) is 0 Å². The van der Waals surface area contributed by atoms with E-state index in [2.05, 4.69) is 4.99 Å². The summed E-state index contributed by atoms with van der Waals surface area (Å²) in [5.41, 5.74) is 1.64. The molecule has 0 saturated heterocycles. The molecule has 0 spiro atoms. The Labute approximate surface area is 153 Å². The summed E-state index contributed by atoms with van der Waals surface area (Å²) in [4.78, 5) is 16.6. The van der Waals surface area contributed by atoms with E-state index in [4.69, 9.17) is 4.74 Å². The van der Waals surface area contributed by atoms with Crippen molar-refractivity contribution in [2.24, 2.45) is 4.99 Å². The Balaban J connectivity index is 2.03. The number of hydrogen-bond donors (Lipinski definition) is 0. The first-order valence-corrected chi connectivity index (χ1v) is 9.74. The van der Waals surface area contributed by atoms with E-state index in [-0.39, 0.29) is 11.5 Å². The summed E-state index contributed by atoms with van der Waals surface area (Å²) >= 11 is 0. The molecule has 26 heavy (non-hydrogen) atoms. The highest BCUT2D eigenvalue weighted by Gasteiger charge is 2.43. The maximum absolute atomic E-state index is 13.1. The number of benzene rings is 2. The second-order valence-corrected chi connectivity index (χ2v) is 7.81. The van der Waals surface area contributed by atoms with Gasteiger partial charge in [0.15, 0.2) is 6.04 Å². The highest BCUT2D eigenvalue weighted by Crippen LogP contribution is 2.35. The molecular weight excluding hydrogens is 352 g/mol. The van der Waals surface area contributed by atoms with Crippen LogP contribution in [0, 0.1) is 6.92 Å². The zero-order valence-corrected chi connectivity index (χ0v) is 15.4. The van der Waals surface area contributed by atoms with E-state index in [1.54, 1.807) is 55.5 Å². The summed E-state index contributed by atoms with van der Waals surface area (Å²) in [6.07, 6.45) is 1.22. The average molecular weight is 372 g/mol. The van der Waals surface area contributed by atoms with Crippen molar-refractivity contribution in [1.29, 1.82) is 0 Å². The highest BCUT2D eigenvalue weighted by molar-refractivity contribution is 7.89. The molecule has 136 valence electrons. The highest BCUT2D eigenvalue weighted by atomic mass is 32.2. The Morgan fingerprint density at radius 2 is 1.77 bits per heavy atom. The Kier molecular flexibility index (Phi) is 5.08. The quantitative estimate of drug-likeness (QED) is 0.756. The van der Waals surface area contributed by atoms with Gasteiger partial charge in [-0.3, -0.25) is 4.99 Å². The lowest BCUT2D eigenvalue weighted by Gasteiger charge is -2.27. The summed E-state index contributed by atoms with van der Waals surface area (Å²) < 4.78 is 32.5. The Hall–Kier alpha value is -2.67. The standard InChI is InChI=1S/C19H20N2O4S/c1-3-25-19(22)17-18(15-7-5-4-6-8-15)21(13-20-17)26(23,24)16-11-9-14(2)10-12-16/h4-13,17-18H,3H2,1-2H3/t17-,18-/m1/s1. The molecule has 0 aliphatic carbocycles. The smallest absolute Gasteiger partial charge is 0.333 e. The molecule has 3 rings (SSSR count). The second kappa shape index (κ2) is 7.29. The maximum Gasteiger partial charge on any atom is 0.333 e. The first kappa shape index (κ1) is 18.1. The molecule has 0 N–H and O–H groups in total. The van der Waals surface area contributed by atoms with Crippen LogP contribution < -0.4 is 0 Å². The third kappa shape index (κ3) is 3.35. The van der Waals surface area contributed by atoms with Crippen molar-refractivity contribution in [3.8, 4) is 0 Å². The van der Waals surface area contributed by atoms with Crippen molar-refractivity contribution in [3.63, 3.8) is 0 Å². The number of rotatable bonds is 5. The van der Waals surface area contributed by atoms with E-state index in [0.29, 0.717) is 5.56 Å². The van der Waals surface area contributed by atoms with E-state index in [0.717, 1.165) is 9.87 Å². The van der Waals surface area contributed by atoms with Gasteiger partial charge in [0, 0.05) is 0 Å². The van der Waals surface area contributed by atoms with Gasteiger partial charge in [-0.05, 0) is 31.5 Å².